The first-order valence-corrected chi connectivity index (χ1v) is 11.4. The fourth-order valence-corrected chi connectivity index (χ4v) is 5.27. The zero-order chi connectivity index (χ0) is 21.2. The average Bonchev–Trinajstić information content (AvgIpc) is 3.26. The number of imidazole rings is 1. The summed E-state index contributed by atoms with van der Waals surface area (Å²) in [6.07, 6.45) is 5.58. The van der Waals surface area contributed by atoms with E-state index in [-0.39, 0.29) is 17.2 Å². The van der Waals surface area contributed by atoms with E-state index in [1.807, 2.05) is 61.1 Å². The van der Waals surface area contributed by atoms with Crippen LogP contribution in [0.25, 0.3) is 0 Å². The zero-order valence-corrected chi connectivity index (χ0v) is 18.2. The number of aromatic nitrogens is 2. The number of amides is 1. The number of rotatable bonds is 4. The van der Waals surface area contributed by atoms with Crippen molar-refractivity contribution in [3.63, 3.8) is 0 Å². The van der Waals surface area contributed by atoms with E-state index in [0.717, 1.165) is 22.4 Å². The van der Waals surface area contributed by atoms with Crippen molar-refractivity contribution < 1.29 is 4.79 Å². The molecule has 4 nitrogen and oxygen atoms in total. The molecule has 1 amide bonds. The molecule has 4 aromatic rings. The summed E-state index contributed by atoms with van der Waals surface area (Å²) in [5.41, 5.74) is 5.40. The Labute approximate surface area is 190 Å². The lowest BCUT2D eigenvalue weighted by Gasteiger charge is -2.23. The second-order valence-corrected chi connectivity index (χ2v) is 8.99. The van der Waals surface area contributed by atoms with Crippen LogP contribution in [0.3, 0.4) is 0 Å². The fraction of sp³-hybridized carbons (Fsp3) is 0.120. The third kappa shape index (κ3) is 4.11. The lowest BCUT2D eigenvalue weighted by molar-refractivity contribution is -0.113. The molecule has 0 bridgehead atoms. The van der Waals surface area contributed by atoms with E-state index < -0.39 is 0 Å². The summed E-state index contributed by atoms with van der Waals surface area (Å²) in [5, 5.41) is 3.85. The van der Waals surface area contributed by atoms with Crippen molar-refractivity contribution in [3.8, 4) is 0 Å². The summed E-state index contributed by atoms with van der Waals surface area (Å²) >= 11 is 7.79. The molecule has 0 saturated carbocycles. The molecule has 1 N–H and O–H groups in total. The SMILES string of the molecule is O=C1CSC(c2ccccc2)c2cc(C(c3ccc(Cl)cc3)n3ccnc3)ccc2N1. The standard InChI is InChI=1S/C25H20ClN3OS/c26-20-9-6-17(7-10-20)24(29-13-12-27-16-29)19-8-11-22-21(14-19)25(31-15-23(30)28-22)18-4-2-1-3-5-18/h1-14,16,24-25H,15H2,(H,28,30). The van der Waals surface area contributed by atoms with Crippen LogP contribution in [0.5, 0.6) is 0 Å². The molecule has 0 saturated heterocycles. The molecule has 3 aromatic carbocycles. The van der Waals surface area contributed by atoms with E-state index in [2.05, 4.69) is 39.1 Å². The first-order chi connectivity index (χ1) is 15.2. The summed E-state index contributed by atoms with van der Waals surface area (Å²) in [6.45, 7) is 0. The van der Waals surface area contributed by atoms with Crippen molar-refractivity contribution in [1.82, 2.24) is 9.55 Å². The number of anilines is 1. The molecule has 0 aliphatic carbocycles. The topological polar surface area (TPSA) is 46.9 Å². The fourth-order valence-electron chi connectivity index (χ4n) is 4.02. The van der Waals surface area contributed by atoms with Gasteiger partial charge in [-0.05, 0) is 46.5 Å². The van der Waals surface area contributed by atoms with Crippen LogP contribution < -0.4 is 5.32 Å². The highest BCUT2D eigenvalue weighted by Crippen LogP contribution is 2.43. The van der Waals surface area contributed by atoms with Crippen LogP contribution in [-0.2, 0) is 4.79 Å². The molecule has 1 aromatic heterocycles. The van der Waals surface area contributed by atoms with Crippen molar-refractivity contribution in [1.29, 1.82) is 0 Å². The maximum absolute atomic E-state index is 12.3. The van der Waals surface area contributed by atoms with Gasteiger partial charge in [0.05, 0.1) is 23.4 Å². The summed E-state index contributed by atoms with van der Waals surface area (Å²) < 4.78 is 2.09. The molecular weight excluding hydrogens is 426 g/mol. The normalized spacial score (nSPS) is 16.8. The Morgan fingerprint density at radius 2 is 1.81 bits per heavy atom. The number of hydrogen-bond acceptors (Lipinski definition) is 3. The predicted octanol–water partition coefficient (Wildman–Crippen LogP) is 5.95. The van der Waals surface area contributed by atoms with E-state index in [0.29, 0.717) is 10.8 Å². The van der Waals surface area contributed by atoms with Crippen LogP contribution in [0.1, 0.15) is 33.5 Å². The number of nitrogens with zero attached hydrogens (tertiary/aromatic N) is 2. The van der Waals surface area contributed by atoms with E-state index in [9.17, 15) is 4.79 Å². The molecular formula is C25H20ClN3OS. The van der Waals surface area contributed by atoms with Crippen molar-refractivity contribution >= 4 is 35.0 Å². The van der Waals surface area contributed by atoms with Crippen molar-refractivity contribution in [2.45, 2.75) is 11.3 Å². The van der Waals surface area contributed by atoms with Gasteiger partial charge in [0.25, 0.3) is 0 Å². The van der Waals surface area contributed by atoms with Crippen LogP contribution in [0.15, 0.2) is 91.5 Å². The molecule has 0 fully saturated rings. The number of benzene rings is 3. The van der Waals surface area contributed by atoms with Gasteiger partial charge in [0, 0.05) is 23.1 Å². The van der Waals surface area contributed by atoms with E-state index >= 15 is 0 Å². The Bertz CT molecular complexity index is 1190. The molecule has 6 heteroatoms. The molecule has 2 atom stereocenters. The molecule has 31 heavy (non-hydrogen) atoms. The largest absolute Gasteiger partial charge is 0.326 e. The van der Waals surface area contributed by atoms with Gasteiger partial charge in [-0.3, -0.25) is 4.79 Å². The van der Waals surface area contributed by atoms with Gasteiger partial charge in [-0.2, -0.15) is 0 Å². The van der Waals surface area contributed by atoms with Gasteiger partial charge >= 0.3 is 0 Å². The zero-order valence-electron chi connectivity index (χ0n) is 16.6. The minimum absolute atomic E-state index is 0.0290. The molecule has 1 aliphatic heterocycles. The van der Waals surface area contributed by atoms with Gasteiger partial charge in [0.15, 0.2) is 0 Å². The van der Waals surface area contributed by atoms with Crippen molar-refractivity contribution in [2.75, 3.05) is 11.1 Å². The Hall–Kier alpha value is -3.02. The second kappa shape index (κ2) is 8.61. The van der Waals surface area contributed by atoms with E-state index in [4.69, 9.17) is 11.6 Å². The number of nitrogens with one attached hydrogen (secondary N) is 1. The number of halogens is 1. The quantitative estimate of drug-likeness (QED) is 0.422. The van der Waals surface area contributed by atoms with Crippen LogP contribution in [-0.4, -0.2) is 21.2 Å². The number of hydrogen-bond donors (Lipinski definition) is 1. The molecule has 0 spiro atoms. The summed E-state index contributed by atoms with van der Waals surface area (Å²) in [6, 6.07) is 24.5. The maximum Gasteiger partial charge on any atom is 0.234 e. The van der Waals surface area contributed by atoms with Crippen LogP contribution in [0.2, 0.25) is 5.02 Å². The molecule has 154 valence electrons. The van der Waals surface area contributed by atoms with Crippen LogP contribution in [0.4, 0.5) is 5.69 Å². The van der Waals surface area contributed by atoms with Crippen molar-refractivity contribution in [3.05, 3.63) is 119 Å². The summed E-state index contributed by atoms with van der Waals surface area (Å²) in [5.74, 6) is 0.451. The Balaban J connectivity index is 1.65. The number of fused-ring (bicyclic) bond motifs is 1. The Morgan fingerprint density at radius 1 is 1.03 bits per heavy atom. The van der Waals surface area contributed by atoms with E-state index in [1.54, 1.807) is 18.0 Å². The van der Waals surface area contributed by atoms with Gasteiger partial charge in [0.1, 0.15) is 0 Å². The number of thioether (sulfide) groups is 1. The third-order valence-electron chi connectivity index (χ3n) is 5.44. The highest BCUT2D eigenvalue weighted by Gasteiger charge is 2.26. The van der Waals surface area contributed by atoms with Gasteiger partial charge in [0.2, 0.25) is 5.91 Å². The van der Waals surface area contributed by atoms with Gasteiger partial charge in [-0.1, -0.05) is 60.1 Å². The average molecular weight is 446 g/mol. The minimum atomic E-state index is -0.0505. The van der Waals surface area contributed by atoms with Gasteiger partial charge in [-0.25, -0.2) is 4.98 Å². The monoisotopic (exact) mass is 445 g/mol. The van der Waals surface area contributed by atoms with Gasteiger partial charge in [-0.15, -0.1) is 11.8 Å². The number of carbonyl (C=O) groups is 1. The molecule has 2 unspecified atom stereocenters. The number of carbonyl (C=O) groups excluding carboxylic acids is 1. The lowest BCUT2D eigenvalue weighted by atomic mass is 9.93. The lowest BCUT2D eigenvalue weighted by Crippen LogP contribution is -2.14. The first-order valence-electron chi connectivity index (χ1n) is 10.0. The third-order valence-corrected chi connectivity index (χ3v) is 6.98. The Kier molecular flexibility index (Phi) is 5.53. The smallest absolute Gasteiger partial charge is 0.234 e. The molecule has 5 rings (SSSR count). The molecule has 2 heterocycles. The van der Waals surface area contributed by atoms with Crippen molar-refractivity contribution in [2.24, 2.45) is 0 Å². The summed E-state index contributed by atoms with van der Waals surface area (Å²) in [7, 11) is 0. The first kappa shape index (κ1) is 19.9. The minimum Gasteiger partial charge on any atom is -0.326 e. The highest BCUT2D eigenvalue weighted by molar-refractivity contribution is 8.00. The van der Waals surface area contributed by atoms with Crippen LogP contribution in [0, 0.1) is 0 Å². The second-order valence-electron chi connectivity index (χ2n) is 7.46. The molecule has 0 radical (unpaired) electrons. The highest BCUT2D eigenvalue weighted by atomic mass is 35.5. The van der Waals surface area contributed by atoms with E-state index in [1.165, 1.54) is 5.56 Å². The van der Waals surface area contributed by atoms with Crippen LogP contribution >= 0.6 is 23.4 Å². The Morgan fingerprint density at radius 3 is 2.55 bits per heavy atom. The maximum atomic E-state index is 12.3. The predicted molar refractivity (Wildman–Crippen MR) is 127 cm³/mol. The molecule has 1 aliphatic rings. The summed E-state index contributed by atoms with van der Waals surface area (Å²) in [4.78, 5) is 16.6. The van der Waals surface area contributed by atoms with Gasteiger partial charge < -0.3 is 9.88 Å².